The van der Waals surface area contributed by atoms with Crippen LogP contribution in [0.1, 0.15) is 67.5 Å². The number of aryl methyl sites for hydroxylation is 5. The molecule has 0 aromatic heterocycles. The second-order valence-corrected chi connectivity index (χ2v) is 14.0. The summed E-state index contributed by atoms with van der Waals surface area (Å²) in [4.78, 5) is 31.2. The third kappa shape index (κ3) is 5.34. The average Bonchev–Trinajstić information content (AvgIpc) is 3.28. The molecule has 0 saturated heterocycles. The molecular weight excluding hydrogens is 601 g/mol. The molecule has 0 saturated carbocycles. The second kappa shape index (κ2) is 12.4. The molecular formula is C46H42O3. The fraction of sp³-hybridized carbons (Fsp3) is 0.217. The first kappa shape index (κ1) is 32.4. The molecule has 0 fully saturated rings. The Hall–Kier alpha value is -5.12. The Labute approximate surface area is 290 Å². The summed E-state index contributed by atoms with van der Waals surface area (Å²) in [7, 11) is 1.61. The second-order valence-electron chi connectivity index (χ2n) is 14.0. The molecule has 3 heteroatoms. The van der Waals surface area contributed by atoms with E-state index >= 15 is 9.59 Å². The molecule has 0 spiro atoms. The van der Waals surface area contributed by atoms with Gasteiger partial charge >= 0.3 is 0 Å². The van der Waals surface area contributed by atoms with Crippen LogP contribution in [0.2, 0.25) is 0 Å². The molecule has 2 atom stereocenters. The molecule has 0 heterocycles. The number of ether oxygens (including phenoxy) is 1. The number of allylic oxidation sites excluding steroid dienone is 2. The minimum Gasteiger partial charge on any atom is -0.362 e. The summed E-state index contributed by atoms with van der Waals surface area (Å²) >= 11 is 0. The number of carbonyl (C=O) groups excluding carboxylic acids is 2. The van der Waals surface area contributed by atoms with Crippen LogP contribution in [0.4, 0.5) is 0 Å². The lowest BCUT2D eigenvalue weighted by atomic mass is 9.59. The van der Waals surface area contributed by atoms with Gasteiger partial charge in [-0.1, -0.05) is 155 Å². The van der Waals surface area contributed by atoms with E-state index < -0.39 is 16.9 Å². The number of methoxy groups -OCH3 is 1. The van der Waals surface area contributed by atoms with E-state index in [0.29, 0.717) is 5.57 Å². The molecule has 2 bridgehead atoms. The molecule has 5 aromatic rings. The third-order valence-electron chi connectivity index (χ3n) is 10.6. The topological polar surface area (TPSA) is 43.4 Å². The van der Waals surface area contributed by atoms with Gasteiger partial charge in [-0.3, -0.25) is 9.59 Å². The Kier molecular flexibility index (Phi) is 8.21. The zero-order valence-electron chi connectivity index (χ0n) is 29.1. The molecule has 49 heavy (non-hydrogen) atoms. The van der Waals surface area contributed by atoms with Gasteiger partial charge in [-0.2, -0.15) is 0 Å². The number of carbonyl (C=O) groups is 2. The molecule has 5 aromatic carbocycles. The van der Waals surface area contributed by atoms with Gasteiger partial charge in [0, 0.05) is 24.5 Å². The Bertz CT molecular complexity index is 2010. The molecule has 244 valence electrons. The maximum atomic E-state index is 15.7. The van der Waals surface area contributed by atoms with Crippen LogP contribution >= 0.6 is 0 Å². The largest absolute Gasteiger partial charge is 0.362 e. The minimum atomic E-state index is -1.57. The summed E-state index contributed by atoms with van der Waals surface area (Å²) in [6, 6.07) is 41.5. The van der Waals surface area contributed by atoms with Gasteiger partial charge in [0.1, 0.15) is 5.41 Å². The van der Waals surface area contributed by atoms with Gasteiger partial charge in [0.25, 0.3) is 0 Å². The van der Waals surface area contributed by atoms with Crippen molar-refractivity contribution in [1.29, 1.82) is 0 Å². The van der Waals surface area contributed by atoms with Gasteiger partial charge in [-0.05, 0) is 74.1 Å². The predicted molar refractivity (Wildman–Crippen MR) is 198 cm³/mol. The fourth-order valence-corrected chi connectivity index (χ4v) is 7.83. The average molecular weight is 643 g/mol. The molecule has 2 aliphatic rings. The molecule has 3 nitrogen and oxygen atoms in total. The van der Waals surface area contributed by atoms with Crippen LogP contribution in [0, 0.1) is 40.0 Å². The number of hydrogen-bond donors (Lipinski definition) is 0. The first-order chi connectivity index (χ1) is 23.6. The van der Waals surface area contributed by atoms with Crippen molar-refractivity contribution in [2.75, 3.05) is 7.11 Å². The van der Waals surface area contributed by atoms with Crippen LogP contribution in [0.25, 0.3) is 5.57 Å². The van der Waals surface area contributed by atoms with Gasteiger partial charge in [0.05, 0.1) is 0 Å². The highest BCUT2D eigenvalue weighted by atomic mass is 16.5. The van der Waals surface area contributed by atoms with Crippen LogP contribution in [-0.4, -0.2) is 24.3 Å². The smallest absolute Gasteiger partial charge is 0.191 e. The van der Waals surface area contributed by atoms with Crippen molar-refractivity contribution in [2.24, 2.45) is 5.41 Å². The zero-order valence-corrected chi connectivity index (χ0v) is 29.1. The quantitative estimate of drug-likeness (QED) is 0.125. The lowest BCUT2D eigenvalue weighted by molar-refractivity contribution is -0.145. The number of fused-ring (bicyclic) bond motifs is 2. The lowest BCUT2D eigenvalue weighted by Gasteiger charge is -2.41. The fourth-order valence-electron chi connectivity index (χ4n) is 7.83. The molecule has 0 radical (unpaired) electrons. The van der Waals surface area contributed by atoms with Crippen molar-refractivity contribution in [1.82, 2.24) is 0 Å². The van der Waals surface area contributed by atoms with E-state index in [-0.39, 0.29) is 17.5 Å². The lowest BCUT2D eigenvalue weighted by Crippen LogP contribution is -2.54. The van der Waals surface area contributed by atoms with Gasteiger partial charge in [-0.25, -0.2) is 0 Å². The van der Waals surface area contributed by atoms with Crippen molar-refractivity contribution in [3.05, 3.63) is 195 Å². The van der Waals surface area contributed by atoms with Crippen LogP contribution < -0.4 is 0 Å². The molecule has 0 aliphatic heterocycles. The molecule has 0 amide bonds. The zero-order chi connectivity index (χ0) is 34.5. The number of ketones is 2. The van der Waals surface area contributed by atoms with Crippen LogP contribution in [0.3, 0.4) is 0 Å². The summed E-state index contributed by atoms with van der Waals surface area (Å²) in [5.41, 5.74) is 8.49. The van der Waals surface area contributed by atoms with E-state index in [0.717, 1.165) is 61.2 Å². The van der Waals surface area contributed by atoms with E-state index in [1.807, 2.05) is 43.3 Å². The van der Waals surface area contributed by atoms with Gasteiger partial charge < -0.3 is 4.74 Å². The standard InChI is InChI=1S/C46H42O3/c1-29-7-17-34(18-8-29)39-27-46(49-6)40(41(35-19-9-30(2)10-20-35)36-21-11-31(3)12-22-36)28-45(43(39)47,44(46)48)42(37-23-13-32(4)14-24-37)38-25-15-33(5)16-26-38/h7-28,41-42H,1-6H3/t45-,46-/m0/s1. The Morgan fingerprint density at radius 3 is 1.24 bits per heavy atom. The Morgan fingerprint density at radius 2 is 0.857 bits per heavy atom. The summed E-state index contributed by atoms with van der Waals surface area (Å²) in [6.07, 6.45) is 3.82. The molecule has 7 rings (SSSR count). The van der Waals surface area contributed by atoms with Gasteiger partial charge in [0.2, 0.25) is 0 Å². The van der Waals surface area contributed by atoms with Crippen LogP contribution in [0.5, 0.6) is 0 Å². The number of benzene rings is 5. The summed E-state index contributed by atoms with van der Waals surface area (Å²) in [6.45, 7) is 10.3. The van der Waals surface area contributed by atoms with E-state index in [4.69, 9.17) is 4.74 Å². The van der Waals surface area contributed by atoms with Crippen LogP contribution in [-0.2, 0) is 14.3 Å². The normalized spacial score (nSPS) is 20.2. The maximum Gasteiger partial charge on any atom is 0.191 e. The van der Waals surface area contributed by atoms with E-state index in [1.165, 1.54) is 0 Å². The number of rotatable bonds is 8. The summed E-state index contributed by atoms with van der Waals surface area (Å²) in [5, 5.41) is 0. The third-order valence-corrected chi connectivity index (χ3v) is 10.6. The Balaban J connectivity index is 1.59. The molecule has 0 unspecified atom stereocenters. The van der Waals surface area contributed by atoms with Crippen molar-refractivity contribution in [3.8, 4) is 0 Å². The first-order valence-electron chi connectivity index (χ1n) is 17.0. The van der Waals surface area contributed by atoms with Crippen molar-refractivity contribution >= 4 is 17.1 Å². The predicted octanol–water partition coefficient (Wildman–Crippen LogP) is 9.74. The van der Waals surface area contributed by atoms with Crippen molar-refractivity contribution < 1.29 is 14.3 Å². The monoisotopic (exact) mass is 642 g/mol. The highest BCUT2D eigenvalue weighted by Gasteiger charge is 2.68. The van der Waals surface area contributed by atoms with E-state index in [2.05, 4.69) is 125 Å². The molecule has 2 aliphatic carbocycles. The van der Waals surface area contributed by atoms with Gasteiger partial charge in [0.15, 0.2) is 17.2 Å². The first-order valence-corrected chi connectivity index (χ1v) is 17.0. The summed E-state index contributed by atoms with van der Waals surface area (Å²) < 4.78 is 6.53. The minimum absolute atomic E-state index is 0.207. The van der Waals surface area contributed by atoms with Crippen molar-refractivity contribution in [2.45, 2.75) is 52.1 Å². The van der Waals surface area contributed by atoms with E-state index in [9.17, 15) is 0 Å². The van der Waals surface area contributed by atoms with E-state index in [1.54, 1.807) is 7.11 Å². The van der Waals surface area contributed by atoms with Gasteiger partial charge in [-0.15, -0.1) is 0 Å². The van der Waals surface area contributed by atoms with Crippen molar-refractivity contribution in [3.63, 3.8) is 0 Å². The molecule has 0 N–H and O–H groups in total. The van der Waals surface area contributed by atoms with Crippen LogP contribution in [0.15, 0.2) is 139 Å². The highest BCUT2D eigenvalue weighted by molar-refractivity contribution is 6.37. The number of Topliss-reactive ketones (excluding diaryl/α,β-unsaturated/α-hetero) is 2. The Morgan fingerprint density at radius 1 is 0.490 bits per heavy atom. The number of hydrogen-bond acceptors (Lipinski definition) is 3. The SMILES string of the molecule is CO[C@@]12C=C(c3ccc(C)cc3)C(=O)[C@@](C(c3ccc(C)cc3)c3ccc(C)cc3)(C=C1C(c1ccc(C)cc1)c1ccc(C)cc1)C2=O. The highest BCUT2D eigenvalue weighted by Crippen LogP contribution is 2.61. The maximum absolute atomic E-state index is 15.7. The summed E-state index contributed by atoms with van der Waals surface area (Å²) in [5.74, 6) is -1.38.